The number of carbonyl (C=O) groups is 1. The monoisotopic (exact) mass is 585 g/mol. The standard InChI is InChI=1S/C32H35F4N3O3/c1-37-15-17-38(18-16-37)21-25-19-24(23-5-8-28(33)9-6-23)7-10-29(25)42-22-30(40)39-13-11-31(41,12-14-39)26-3-2-4-27(20-26)32(34,35)36/h2-10,19-20,41H,11-18,21-22H2,1H3. The molecule has 0 radical (unpaired) electrons. The maximum absolute atomic E-state index is 13.5. The van der Waals surface area contributed by atoms with Crippen molar-refractivity contribution in [2.24, 2.45) is 0 Å². The fourth-order valence-electron chi connectivity index (χ4n) is 5.54. The minimum Gasteiger partial charge on any atom is -0.483 e. The highest BCUT2D eigenvalue weighted by Crippen LogP contribution is 2.37. The van der Waals surface area contributed by atoms with E-state index < -0.39 is 17.3 Å². The van der Waals surface area contributed by atoms with E-state index in [-0.39, 0.29) is 49.8 Å². The lowest BCUT2D eigenvalue weighted by Gasteiger charge is -2.38. The van der Waals surface area contributed by atoms with Gasteiger partial charge in [0.15, 0.2) is 6.61 Å². The quantitative estimate of drug-likeness (QED) is 0.389. The van der Waals surface area contributed by atoms with Crippen molar-refractivity contribution in [1.29, 1.82) is 0 Å². The molecule has 42 heavy (non-hydrogen) atoms. The van der Waals surface area contributed by atoms with Gasteiger partial charge in [-0.1, -0.05) is 30.3 Å². The Labute approximate surface area is 243 Å². The van der Waals surface area contributed by atoms with Gasteiger partial charge in [-0.3, -0.25) is 9.69 Å². The number of nitrogens with zero attached hydrogens (tertiary/aromatic N) is 3. The van der Waals surface area contributed by atoms with Gasteiger partial charge < -0.3 is 19.6 Å². The number of piperazine rings is 1. The zero-order valence-corrected chi connectivity index (χ0v) is 23.5. The minimum absolute atomic E-state index is 0.126. The average molecular weight is 586 g/mol. The van der Waals surface area contributed by atoms with Crippen molar-refractivity contribution in [3.05, 3.63) is 89.2 Å². The van der Waals surface area contributed by atoms with E-state index >= 15 is 0 Å². The van der Waals surface area contributed by atoms with Gasteiger partial charge in [0.05, 0.1) is 11.2 Å². The lowest BCUT2D eigenvalue weighted by Crippen LogP contribution is -2.46. The summed E-state index contributed by atoms with van der Waals surface area (Å²) < 4.78 is 59.1. The van der Waals surface area contributed by atoms with Crippen LogP contribution in [-0.4, -0.2) is 78.6 Å². The Morgan fingerprint density at radius 2 is 1.57 bits per heavy atom. The summed E-state index contributed by atoms with van der Waals surface area (Å²) in [5.74, 6) is 0.0284. The number of hydrogen-bond acceptors (Lipinski definition) is 5. The van der Waals surface area contributed by atoms with Gasteiger partial charge in [-0.05, 0) is 73.0 Å². The number of likely N-dealkylation sites (tertiary alicyclic amines) is 1. The predicted molar refractivity (Wildman–Crippen MR) is 151 cm³/mol. The molecule has 0 bridgehead atoms. The number of ether oxygens (including phenoxy) is 1. The van der Waals surface area contributed by atoms with Crippen molar-refractivity contribution in [2.75, 3.05) is 52.9 Å². The molecule has 0 saturated carbocycles. The SMILES string of the molecule is CN1CCN(Cc2cc(-c3ccc(F)cc3)ccc2OCC(=O)N2CCC(O)(c3cccc(C(F)(F)F)c3)CC2)CC1. The number of amides is 1. The topological polar surface area (TPSA) is 56.2 Å². The molecule has 3 aromatic rings. The maximum atomic E-state index is 13.5. The molecule has 2 saturated heterocycles. The average Bonchev–Trinajstić information content (AvgIpc) is 2.98. The summed E-state index contributed by atoms with van der Waals surface area (Å²) in [6.07, 6.45) is -4.25. The summed E-state index contributed by atoms with van der Waals surface area (Å²) in [6, 6.07) is 16.8. The number of hydrogen-bond donors (Lipinski definition) is 1. The molecule has 0 aromatic heterocycles. The molecule has 5 rings (SSSR count). The van der Waals surface area contributed by atoms with E-state index in [1.165, 1.54) is 24.3 Å². The van der Waals surface area contributed by atoms with Crippen LogP contribution in [-0.2, 0) is 23.1 Å². The molecular weight excluding hydrogens is 550 g/mol. The van der Waals surface area contributed by atoms with Crippen LogP contribution in [0.1, 0.15) is 29.5 Å². The summed E-state index contributed by atoms with van der Waals surface area (Å²) in [4.78, 5) is 19.3. The molecule has 1 N–H and O–H groups in total. The van der Waals surface area contributed by atoms with Gasteiger partial charge in [-0.25, -0.2) is 4.39 Å². The minimum atomic E-state index is -4.50. The maximum Gasteiger partial charge on any atom is 0.416 e. The zero-order valence-electron chi connectivity index (χ0n) is 23.5. The zero-order chi connectivity index (χ0) is 29.9. The third kappa shape index (κ3) is 7.11. The van der Waals surface area contributed by atoms with Crippen molar-refractivity contribution >= 4 is 5.91 Å². The molecule has 10 heteroatoms. The van der Waals surface area contributed by atoms with Crippen LogP contribution in [0.2, 0.25) is 0 Å². The van der Waals surface area contributed by atoms with Crippen molar-refractivity contribution in [3.63, 3.8) is 0 Å². The van der Waals surface area contributed by atoms with E-state index in [0.29, 0.717) is 12.3 Å². The number of rotatable bonds is 7. The molecule has 3 aromatic carbocycles. The second kappa shape index (κ2) is 12.4. The third-order valence-corrected chi connectivity index (χ3v) is 8.25. The summed E-state index contributed by atoms with van der Waals surface area (Å²) >= 11 is 0. The van der Waals surface area contributed by atoms with E-state index in [2.05, 4.69) is 16.8 Å². The van der Waals surface area contributed by atoms with Crippen molar-refractivity contribution in [3.8, 4) is 16.9 Å². The summed E-state index contributed by atoms with van der Waals surface area (Å²) in [5.41, 5.74) is 0.674. The van der Waals surface area contributed by atoms with Gasteiger partial charge in [0.1, 0.15) is 11.6 Å². The molecular formula is C32H35F4N3O3. The Kier molecular flexibility index (Phi) is 8.86. The van der Waals surface area contributed by atoms with Crippen LogP contribution in [0.25, 0.3) is 11.1 Å². The smallest absolute Gasteiger partial charge is 0.416 e. The largest absolute Gasteiger partial charge is 0.483 e. The van der Waals surface area contributed by atoms with Gasteiger partial charge in [0.25, 0.3) is 5.91 Å². The molecule has 0 aliphatic carbocycles. The van der Waals surface area contributed by atoms with E-state index in [0.717, 1.165) is 55.0 Å². The molecule has 0 spiro atoms. The number of benzene rings is 3. The molecule has 1 amide bonds. The van der Waals surface area contributed by atoms with Crippen LogP contribution in [0, 0.1) is 5.82 Å². The van der Waals surface area contributed by atoms with E-state index in [9.17, 15) is 27.5 Å². The number of piperidine rings is 1. The highest BCUT2D eigenvalue weighted by Gasteiger charge is 2.38. The third-order valence-electron chi connectivity index (χ3n) is 8.25. The lowest BCUT2D eigenvalue weighted by molar-refractivity contribution is -0.138. The molecule has 2 fully saturated rings. The molecule has 2 aliphatic heterocycles. The summed E-state index contributed by atoms with van der Waals surface area (Å²) in [6.45, 7) is 4.55. The summed E-state index contributed by atoms with van der Waals surface area (Å²) in [7, 11) is 2.09. The number of alkyl halides is 3. The highest BCUT2D eigenvalue weighted by atomic mass is 19.4. The van der Waals surface area contributed by atoms with E-state index in [1.54, 1.807) is 17.0 Å². The first-order valence-corrected chi connectivity index (χ1v) is 14.1. The highest BCUT2D eigenvalue weighted by molar-refractivity contribution is 5.78. The van der Waals surface area contributed by atoms with Crippen LogP contribution < -0.4 is 4.74 Å². The normalized spacial score (nSPS) is 18.2. The van der Waals surface area contributed by atoms with Crippen molar-refractivity contribution in [2.45, 2.75) is 31.2 Å². The molecule has 6 nitrogen and oxygen atoms in total. The van der Waals surface area contributed by atoms with Crippen molar-refractivity contribution < 1.29 is 32.2 Å². The first kappa shape index (κ1) is 30.0. The Balaban J connectivity index is 1.25. The van der Waals surface area contributed by atoms with Crippen LogP contribution in [0.4, 0.5) is 17.6 Å². The van der Waals surface area contributed by atoms with Crippen LogP contribution in [0.3, 0.4) is 0 Å². The lowest BCUT2D eigenvalue weighted by atomic mass is 9.83. The number of halogens is 4. The number of likely N-dealkylation sites (N-methyl/N-ethyl adjacent to an activating group) is 1. The van der Waals surface area contributed by atoms with Crippen LogP contribution in [0.5, 0.6) is 5.75 Å². The van der Waals surface area contributed by atoms with Gasteiger partial charge in [-0.15, -0.1) is 0 Å². The van der Waals surface area contributed by atoms with Gasteiger partial charge in [-0.2, -0.15) is 13.2 Å². The van der Waals surface area contributed by atoms with E-state index in [1.807, 2.05) is 18.2 Å². The fourth-order valence-corrected chi connectivity index (χ4v) is 5.54. The van der Waals surface area contributed by atoms with E-state index in [4.69, 9.17) is 4.74 Å². The molecule has 2 aliphatic rings. The molecule has 2 heterocycles. The molecule has 0 atom stereocenters. The summed E-state index contributed by atoms with van der Waals surface area (Å²) in [5, 5.41) is 11.1. The molecule has 0 unspecified atom stereocenters. The Bertz CT molecular complexity index is 1380. The van der Waals surface area contributed by atoms with Crippen molar-refractivity contribution in [1.82, 2.24) is 14.7 Å². The number of aliphatic hydroxyl groups is 1. The second-order valence-corrected chi connectivity index (χ2v) is 11.2. The fraction of sp³-hybridized carbons (Fsp3) is 0.406. The Morgan fingerprint density at radius 3 is 2.24 bits per heavy atom. The van der Waals surface area contributed by atoms with Gasteiger partial charge >= 0.3 is 6.18 Å². The second-order valence-electron chi connectivity index (χ2n) is 11.2. The Morgan fingerprint density at radius 1 is 0.905 bits per heavy atom. The van der Waals surface area contributed by atoms with Gasteiger partial charge in [0, 0.05) is 51.4 Å². The van der Waals surface area contributed by atoms with Crippen LogP contribution in [0.15, 0.2) is 66.7 Å². The van der Waals surface area contributed by atoms with Gasteiger partial charge in [0.2, 0.25) is 0 Å². The first-order valence-electron chi connectivity index (χ1n) is 14.1. The predicted octanol–water partition coefficient (Wildman–Crippen LogP) is 5.15. The van der Waals surface area contributed by atoms with Crippen LogP contribution >= 0.6 is 0 Å². The number of carbonyl (C=O) groups excluding carboxylic acids is 1. The molecule has 224 valence electrons. The Hall–Kier alpha value is -3.47. The first-order chi connectivity index (χ1) is 20.0.